The van der Waals surface area contributed by atoms with Crippen molar-refractivity contribution >= 4 is 38.4 Å². The van der Waals surface area contributed by atoms with Crippen molar-refractivity contribution in [2.24, 2.45) is 7.05 Å². The fourth-order valence-electron chi connectivity index (χ4n) is 3.35. The van der Waals surface area contributed by atoms with E-state index in [2.05, 4.69) is 21.0 Å². The minimum atomic E-state index is -0.246. The topological polar surface area (TPSA) is 38.1 Å². The molecule has 6 heteroatoms. The summed E-state index contributed by atoms with van der Waals surface area (Å²) in [6, 6.07) is 10.6. The van der Waals surface area contributed by atoms with E-state index in [0.717, 1.165) is 21.8 Å². The average molecular weight is 388 g/mol. The van der Waals surface area contributed by atoms with Crippen LogP contribution in [0.5, 0.6) is 0 Å². The molecule has 24 heavy (non-hydrogen) atoms. The maximum Gasteiger partial charge on any atom is 0.277 e. The highest BCUT2D eigenvalue weighted by molar-refractivity contribution is 9.10. The van der Waals surface area contributed by atoms with Crippen molar-refractivity contribution in [2.75, 3.05) is 11.4 Å². The molecule has 0 N–H and O–H groups in total. The molecule has 1 amide bonds. The first-order valence-electron chi connectivity index (χ1n) is 7.78. The third-order valence-electron chi connectivity index (χ3n) is 4.44. The molecule has 3 aromatic rings. The van der Waals surface area contributed by atoms with Crippen LogP contribution in [0.1, 0.15) is 22.5 Å². The Bertz CT molecular complexity index is 966. The number of nitrogens with zero attached hydrogens (tertiary/aromatic N) is 3. The molecule has 4 rings (SSSR count). The zero-order valence-electron chi connectivity index (χ0n) is 13.1. The molecule has 0 saturated heterocycles. The van der Waals surface area contributed by atoms with E-state index < -0.39 is 0 Å². The zero-order valence-corrected chi connectivity index (χ0v) is 14.7. The van der Waals surface area contributed by atoms with E-state index in [4.69, 9.17) is 0 Å². The van der Waals surface area contributed by atoms with Gasteiger partial charge in [0.2, 0.25) is 0 Å². The number of halogens is 2. The van der Waals surface area contributed by atoms with Gasteiger partial charge >= 0.3 is 0 Å². The lowest BCUT2D eigenvalue weighted by atomic mass is 10.0. The number of aromatic nitrogens is 2. The SMILES string of the molecule is Cn1nc2cc(Br)ccc2c1C(=O)N1CCCc2c(F)cccc21. The van der Waals surface area contributed by atoms with E-state index in [1.807, 2.05) is 24.3 Å². The van der Waals surface area contributed by atoms with Crippen LogP contribution in [0, 0.1) is 5.82 Å². The van der Waals surface area contributed by atoms with E-state index in [1.165, 1.54) is 6.07 Å². The van der Waals surface area contributed by atoms with Crippen molar-refractivity contribution in [2.45, 2.75) is 12.8 Å². The predicted molar refractivity (Wildman–Crippen MR) is 94.8 cm³/mol. The second kappa shape index (κ2) is 5.70. The molecular weight excluding hydrogens is 373 g/mol. The van der Waals surface area contributed by atoms with Gasteiger partial charge in [-0.25, -0.2) is 4.39 Å². The van der Waals surface area contributed by atoms with Crippen LogP contribution in [0.2, 0.25) is 0 Å². The quantitative estimate of drug-likeness (QED) is 0.631. The first kappa shape index (κ1) is 15.3. The largest absolute Gasteiger partial charge is 0.307 e. The lowest BCUT2D eigenvalue weighted by Gasteiger charge is -2.29. The van der Waals surface area contributed by atoms with Gasteiger partial charge in [-0.15, -0.1) is 0 Å². The van der Waals surface area contributed by atoms with Crippen molar-refractivity contribution in [3.05, 3.63) is 57.9 Å². The summed E-state index contributed by atoms with van der Waals surface area (Å²) in [4.78, 5) is 14.9. The number of benzene rings is 2. The number of anilines is 1. The maximum atomic E-state index is 14.1. The summed E-state index contributed by atoms with van der Waals surface area (Å²) < 4.78 is 16.6. The van der Waals surface area contributed by atoms with Gasteiger partial charge in [-0.2, -0.15) is 5.10 Å². The minimum Gasteiger partial charge on any atom is -0.307 e. The number of rotatable bonds is 1. The Kier molecular flexibility index (Phi) is 3.64. The average Bonchev–Trinajstić information content (AvgIpc) is 2.89. The van der Waals surface area contributed by atoms with Crippen LogP contribution in [0.15, 0.2) is 40.9 Å². The van der Waals surface area contributed by atoms with Crippen LogP contribution in [-0.2, 0) is 13.5 Å². The second-order valence-corrected chi connectivity index (χ2v) is 6.85. The van der Waals surface area contributed by atoms with Gasteiger partial charge in [0, 0.05) is 29.0 Å². The van der Waals surface area contributed by atoms with Gasteiger partial charge in [-0.05, 0) is 43.2 Å². The summed E-state index contributed by atoms with van der Waals surface area (Å²) in [7, 11) is 1.76. The number of aryl methyl sites for hydroxylation is 1. The zero-order chi connectivity index (χ0) is 16.8. The summed E-state index contributed by atoms with van der Waals surface area (Å²) >= 11 is 3.42. The molecule has 4 nitrogen and oxygen atoms in total. The molecule has 0 spiro atoms. The highest BCUT2D eigenvalue weighted by Gasteiger charge is 2.28. The first-order chi connectivity index (χ1) is 11.6. The second-order valence-electron chi connectivity index (χ2n) is 5.93. The molecule has 2 aromatic carbocycles. The number of carbonyl (C=O) groups excluding carboxylic acids is 1. The van der Waals surface area contributed by atoms with Gasteiger partial charge in [-0.1, -0.05) is 22.0 Å². The van der Waals surface area contributed by atoms with Gasteiger partial charge in [0.05, 0.1) is 11.2 Å². The Morgan fingerprint density at radius 3 is 2.96 bits per heavy atom. The molecule has 0 radical (unpaired) electrons. The van der Waals surface area contributed by atoms with Gasteiger partial charge in [-0.3, -0.25) is 9.48 Å². The summed E-state index contributed by atoms with van der Waals surface area (Å²) in [5, 5.41) is 5.23. The predicted octanol–water partition coefficient (Wildman–Crippen LogP) is 4.07. The molecule has 0 saturated carbocycles. The fourth-order valence-corrected chi connectivity index (χ4v) is 3.70. The van der Waals surface area contributed by atoms with E-state index in [9.17, 15) is 9.18 Å². The molecule has 2 heterocycles. The van der Waals surface area contributed by atoms with Gasteiger partial charge in [0.1, 0.15) is 11.5 Å². The van der Waals surface area contributed by atoms with Crippen LogP contribution in [0.4, 0.5) is 10.1 Å². The summed E-state index contributed by atoms with van der Waals surface area (Å²) in [6.45, 7) is 0.582. The highest BCUT2D eigenvalue weighted by Crippen LogP contribution is 2.31. The van der Waals surface area contributed by atoms with Crippen LogP contribution < -0.4 is 4.90 Å². The first-order valence-corrected chi connectivity index (χ1v) is 8.57. The monoisotopic (exact) mass is 387 g/mol. The van der Waals surface area contributed by atoms with Crippen LogP contribution in [0.3, 0.4) is 0 Å². The molecule has 0 aliphatic carbocycles. The van der Waals surface area contributed by atoms with Crippen LogP contribution >= 0.6 is 15.9 Å². The lowest BCUT2D eigenvalue weighted by Crippen LogP contribution is -2.37. The van der Waals surface area contributed by atoms with E-state index in [0.29, 0.717) is 29.9 Å². The molecule has 0 atom stereocenters. The molecular formula is C18H15BrFN3O. The standard InChI is InChI=1S/C18H15BrFN3O/c1-22-17(13-8-7-11(19)10-15(13)21-22)18(24)23-9-3-4-12-14(20)5-2-6-16(12)23/h2,5-8,10H,3-4,9H2,1H3. The smallest absolute Gasteiger partial charge is 0.277 e. The molecule has 122 valence electrons. The summed E-state index contributed by atoms with van der Waals surface area (Å²) in [5.74, 6) is -0.391. The Labute approximate surface area is 147 Å². The number of hydrogen-bond acceptors (Lipinski definition) is 2. The Hall–Kier alpha value is -2.21. The van der Waals surface area contributed by atoms with Crippen molar-refractivity contribution in [3.63, 3.8) is 0 Å². The summed E-state index contributed by atoms with van der Waals surface area (Å²) in [6.07, 6.45) is 1.41. The number of hydrogen-bond donors (Lipinski definition) is 0. The Morgan fingerprint density at radius 2 is 2.12 bits per heavy atom. The highest BCUT2D eigenvalue weighted by atomic mass is 79.9. The summed E-state index contributed by atoms with van der Waals surface area (Å²) in [5.41, 5.74) is 2.56. The minimum absolute atomic E-state index is 0.145. The fraction of sp³-hybridized carbons (Fsp3) is 0.222. The number of fused-ring (bicyclic) bond motifs is 2. The van der Waals surface area contributed by atoms with Crippen LogP contribution in [0.25, 0.3) is 10.9 Å². The van der Waals surface area contributed by atoms with E-state index in [-0.39, 0.29) is 11.7 Å². The number of amides is 1. The van der Waals surface area contributed by atoms with Gasteiger partial charge in [0.15, 0.2) is 0 Å². The van der Waals surface area contributed by atoms with E-state index in [1.54, 1.807) is 22.7 Å². The molecule has 1 aliphatic heterocycles. The van der Waals surface area contributed by atoms with Crippen molar-refractivity contribution in [1.82, 2.24) is 9.78 Å². The number of carbonyl (C=O) groups is 1. The van der Waals surface area contributed by atoms with Crippen LogP contribution in [-0.4, -0.2) is 22.2 Å². The Balaban J connectivity index is 1.84. The Morgan fingerprint density at radius 1 is 1.29 bits per heavy atom. The molecule has 0 fully saturated rings. The van der Waals surface area contributed by atoms with Gasteiger partial charge in [0.25, 0.3) is 5.91 Å². The normalized spacial score (nSPS) is 14.0. The third kappa shape index (κ3) is 2.33. The molecule has 0 unspecified atom stereocenters. The van der Waals surface area contributed by atoms with Gasteiger partial charge < -0.3 is 4.90 Å². The lowest BCUT2D eigenvalue weighted by molar-refractivity contribution is 0.0977. The van der Waals surface area contributed by atoms with Crippen molar-refractivity contribution < 1.29 is 9.18 Å². The maximum absolute atomic E-state index is 14.1. The molecule has 1 aromatic heterocycles. The van der Waals surface area contributed by atoms with Crippen molar-refractivity contribution in [3.8, 4) is 0 Å². The molecule has 0 bridgehead atoms. The third-order valence-corrected chi connectivity index (χ3v) is 4.93. The van der Waals surface area contributed by atoms with Crippen molar-refractivity contribution in [1.29, 1.82) is 0 Å². The molecule has 1 aliphatic rings. The van der Waals surface area contributed by atoms with E-state index >= 15 is 0 Å².